The summed E-state index contributed by atoms with van der Waals surface area (Å²) >= 11 is 0. The number of aryl methyl sites for hydroxylation is 6. The molecule has 0 radical (unpaired) electrons. The molecule has 0 bridgehead atoms. The first-order valence-electron chi connectivity index (χ1n) is 23.4. The monoisotopic (exact) mass is 879 g/mol. The van der Waals surface area contributed by atoms with Crippen molar-refractivity contribution in [2.75, 3.05) is 0 Å². The molecule has 9 aromatic carbocycles. The Morgan fingerprint density at radius 1 is 0.418 bits per heavy atom. The first-order chi connectivity index (χ1) is 32.7. The van der Waals surface area contributed by atoms with Crippen molar-refractivity contribution in [1.29, 1.82) is 0 Å². The summed E-state index contributed by atoms with van der Waals surface area (Å²) in [5.41, 5.74) is 18.3. The van der Waals surface area contributed by atoms with E-state index in [0.29, 0.717) is 0 Å². The number of hydrogen-bond acceptors (Lipinski definition) is 1. The first-order valence-corrected chi connectivity index (χ1v) is 25.4. The van der Waals surface area contributed by atoms with Crippen LogP contribution in [0, 0.1) is 41.5 Å². The summed E-state index contributed by atoms with van der Waals surface area (Å²) < 4.78 is 4.66. The average molecular weight is 880 g/mol. The zero-order valence-corrected chi connectivity index (χ0v) is 40.0. The Morgan fingerprint density at radius 2 is 0.985 bits per heavy atom. The minimum absolute atomic E-state index is 0.943. The molecule has 0 aliphatic rings. The van der Waals surface area contributed by atoms with E-state index in [0.717, 1.165) is 17.1 Å². The van der Waals surface area contributed by atoms with E-state index in [9.17, 15) is 0 Å². The van der Waals surface area contributed by atoms with Gasteiger partial charge in [-0.05, 0) is 137 Å². The second kappa shape index (κ2) is 16.9. The summed E-state index contributed by atoms with van der Waals surface area (Å²) in [5.74, 6) is 0.943. The number of para-hydroxylation sites is 2. The van der Waals surface area contributed by atoms with Gasteiger partial charge in [0.25, 0.3) is 0 Å². The molecule has 11 rings (SSSR count). The molecule has 67 heavy (non-hydrogen) atoms. The van der Waals surface area contributed by atoms with Crippen LogP contribution in [0.4, 0.5) is 0 Å². The molecule has 0 saturated heterocycles. The predicted molar refractivity (Wildman–Crippen MR) is 286 cm³/mol. The number of fused-ring (bicyclic) bond motifs is 3. The molecule has 0 aliphatic heterocycles. The fraction of sp³-hybridized carbons (Fsp3) is 0.0952. The Balaban J connectivity index is 1.08. The average Bonchev–Trinajstić information content (AvgIpc) is 3.96. The van der Waals surface area contributed by atoms with Crippen molar-refractivity contribution in [2.45, 2.75) is 41.5 Å². The minimum atomic E-state index is -3.01. The minimum Gasteiger partial charge on any atom is -0.309 e. The number of nitrogens with zero attached hydrogens (tertiary/aromatic N) is 3. The van der Waals surface area contributed by atoms with Gasteiger partial charge in [0.15, 0.2) is 8.07 Å². The number of aromatic nitrogens is 3. The summed E-state index contributed by atoms with van der Waals surface area (Å²) in [4.78, 5) is 4.94. The lowest BCUT2D eigenvalue weighted by atomic mass is 9.94. The van der Waals surface area contributed by atoms with Crippen molar-refractivity contribution >= 4 is 50.6 Å². The molecule has 0 spiro atoms. The Hall–Kier alpha value is -7.79. The van der Waals surface area contributed by atoms with E-state index in [1.165, 1.54) is 104 Å². The van der Waals surface area contributed by atoms with Crippen molar-refractivity contribution in [3.8, 4) is 45.0 Å². The molecule has 0 unspecified atom stereocenters. The number of hydrogen-bond donors (Lipinski definition) is 0. The van der Waals surface area contributed by atoms with E-state index in [4.69, 9.17) is 4.98 Å². The number of rotatable bonds is 9. The maximum Gasteiger partial charge on any atom is 0.180 e. The quantitative estimate of drug-likeness (QED) is 0.105. The fourth-order valence-corrected chi connectivity index (χ4v) is 16.4. The SMILES string of the molecule is Cc1cc(C)c(-n2ccnc2-c2cccc(-c3c(C)cc([Si](c4ccccc4)(c4ccccc4)c4ccc(C)cc4-c4ccc(-n5c6ccccc6c6ccccc65)cc4)cc3C)c2)c(C)c1. The van der Waals surface area contributed by atoms with Gasteiger partial charge in [-0.25, -0.2) is 4.98 Å². The van der Waals surface area contributed by atoms with Crippen molar-refractivity contribution in [3.05, 3.63) is 246 Å². The second-order valence-electron chi connectivity index (χ2n) is 18.4. The second-order valence-corrected chi connectivity index (χ2v) is 22.2. The van der Waals surface area contributed by atoms with Gasteiger partial charge in [-0.2, -0.15) is 0 Å². The first kappa shape index (κ1) is 41.9. The van der Waals surface area contributed by atoms with Gasteiger partial charge >= 0.3 is 0 Å². The molecule has 0 saturated carbocycles. The standard InChI is InChI=1S/C63H53N3Si/c1-42-28-33-60(57(38-42)48-29-31-51(32-30-48)66-58-26-15-13-24-55(58)56-25-14-16-27-59(56)66)67(52-20-9-7-10-21-52,53-22-11-8-12-23-53)54-39-44(3)61(45(4)40-54)49-18-17-19-50(41-49)63-64-34-35-65(63)62-46(5)36-43(2)37-47(62)6/h7-41H,1-6H3. The molecule has 2 aromatic heterocycles. The highest BCUT2D eigenvalue weighted by Crippen LogP contribution is 2.35. The Bertz CT molecular complexity index is 3490. The molecule has 0 amide bonds. The topological polar surface area (TPSA) is 22.8 Å². The van der Waals surface area contributed by atoms with Crippen LogP contribution in [0.1, 0.15) is 33.4 Å². The van der Waals surface area contributed by atoms with Crippen LogP contribution in [-0.2, 0) is 0 Å². The highest BCUT2D eigenvalue weighted by atomic mass is 28.3. The Kier molecular flexibility index (Phi) is 10.6. The van der Waals surface area contributed by atoms with Gasteiger partial charge in [0.2, 0.25) is 0 Å². The lowest BCUT2D eigenvalue weighted by molar-refractivity contribution is 1.03. The maximum absolute atomic E-state index is 4.94. The molecule has 324 valence electrons. The molecule has 4 heteroatoms. The molecular weight excluding hydrogens is 827 g/mol. The van der Waals surface area contributed by atoms with Crippen molar-refractivity contribution in [3.63, 3.8) is 0 Å². The van der Waals surface area contributed by atoms with Gasteiger partial charge in [0.1, 0.15) is 5.82 Å². The van der Waals surface area contributed by atoms with Gasteiger partial charge in [-0.15, -0.1) is 0 Å². The van der Waals surface area contributed by atoms with E-state index < -0.39 is 8.07 Å². The summed E-state index contributed by atoms with van der Waals surface area (Å²) in [6.07, 6.45) is 4.01. The summed E-state index contributed by atoms with van der Waals surface area (Å²) in [6.45, 7) is 13.4. The van der Waals surface area contributed by atoms with Gasteiger partial charge in [-0.1, -0.05) is 181 Å². The highest BCUT2D eigenvalue weighted by Gasteiger charge is 2.43. The number of imidazole rings is 1. The van der Waals surface area contributed by atoms with Crippen molar-refractivity contribution in [1.82, 2.24) is 14.1 Å². The van der Waals surface area contributed by atoms with E-state index in [1.807, 2.05) is 6.20 Å². The van der Waals surface area contributed by atoms with Crippen molar-refractivity contribution < 1.29 is 0 Å². The lowest BCUT2D eigenvalue weighted by Gasteiger charge is -2.37. The summed E-state index contributed by atoms with van der Waals surface area (Å²) in [5, 5.41) is 7.99. The molecule has 0 N–H and O–H groups in total. The molecule has 0 atom stereocenters. The largest absolute Gasteiger partial charge is 0.309 e. The van der Waals surface area contributed by atoms with E-state index >= 15 is 0 Å². The molecule has 0 aliphatic carbocycles. The molecular formula is C63H53N3Si. The smallest absolute Gasteiger partial charge is 0.180 e. The Morgan fingerprint density at radius 3 is 1.60 bits per heavy atom. The Labute approximate surface area is 395 Å². The van der Waals surface area contributed by atoms with Crippen LogP contribution in [0.2, 0.25) is 0 Å². The van der Waals surface area contributed by atoms with Gasteiger partial charge in [0.05, 0.1) is 16.7 Å². The van der Waals surface area contributed by atoms with Crippen LogP contribution in [0.25, 0.3) is 66.8 Å². The van der Waals surface area contributed by atoms with Gasteiger partial charge < -0.3 is 4.57 Å². The lowest BCUT2D eigenvalue weighted by Crippen LogP contribution is -2.75. The van der Waals surface area contributed by atoms with Crippen molar-refractivity contribution in [2.24, 2.45) is 0 Å². The maximum atomic E-state index is 4.94. The third-order valence-corrected chi connectivity index (χ3v) is 18.7. The van der Waals surface area contributed by atoms with Crippen LogP contribution in [0.15, 0.2) is 213 Å². The third-order valence-electron chi connectivity index (χ3n) is 13.9. The van der Waals surface area contributed by atoms with Crippen LogP contribution >= 0.6 is 0 Å². The van der Waals surface area contributed by atoms with E-state index in [1.54, 1.807) is 0 Å². The van der Waals surface area contributed by atoms with Crippen LogP contribution < -0.4 is 20.7 Å². The summed E-state index contributed by atoms with van der Waals surface area (Å²) in [6, 6.07) is 75.1. The fourth-order valence-electron chi connectivity index (χ4n) is 11.3. The normalized spacial score (nSPS) is 11.7. The van der Waals surface area contributed by atoms with E-state index in [2.05, 4.69) is 257 Å². The zero-order valence-electron chi connectivity index (χ0n) is 39.0. The predicted octanol–water partition coefficient (Wildman–Crippen LogP) is 13.2. The number of benzene rings is 9. The molecule has 3 nitrogen and oxygen atoms in total. The van der Waals surface area contributed by atoms with E-state index in [-0.39, 0.29) is 0 Å². The molecule has 11 aromatic rings. The van der Waals surface area contributed by atoms with Crippen LogP contribution in [-0.4, -0.2) is 22.2 Å². The van der Waals surface area contributed by atoms with Crippen LogP contribution in [0.3, 0.4) is 0 Å². The van der Waals surface area contributed by atoms with Crippen LogP contribution in [0.5, 0.6) is 0 Å². The molecule has 0 fully saturated rings. The van der Waals surface area contributed by atoms with Gasteiger partial charge in [-0.3, -0.25) is 4.57 Å². The van der Waals surface area contributed by atoms with Gasteiger partial charge in [0, 0.05) is 34.4 Å². The highest BCUT2D eigenvalue weighted by molar-refractivity contribution is 7.20. The third kappa shape index (κ3) is 7.08. The molecule has 2 heterocycles. The summed E-state index contributed by atoms with van der Waals surface area (Å²) in [7, 11) is -3.01. The zero-order chi connectivity index (χ0) is 45.8.